The van der Waals surface area contributed by atoms with Crippen molar-refractivity contribution in [3.05, 3.63) is 18.0 Å². The van der Waals surface area contributed by atoms with Crippen molar-refractivity contribution >= 4 is 5.91 Å². The first kappa shape index (κ1) is 12.0. The highest BCUT2D eigenvalue weighted by Gasteiger charge is 2.61. The molecule has 0 saturated heterocycles. The fourth-order valence-electron chi connectivity index (χ4n) is 1.65. The van der Waals surface area contributed by atoms with Crippen LogP contribution in [-0.4, -0.2) is 27.7 Å². The summed E-state index contributed by atoms with van der Waals surface area (Å²) in [4.78, 5) is 11.3. The lowest BCUT2D eigenvalue weighted by Gasteiger charge is -2.41. The first-order valence-electron chi connectivity index (χ1n) is 5.23. The van der Waals surface area contributed by atoms with Crippen LogP contribution in [0.1, 0.15) is 25.0 Å². The van der Waals surface area contributed by atoms with Gasteiger partial charge in [-0.25, -0.2) is 0 Å². The van der Waals surface area contributed by atoms with Crippen molar-refractivity contribution in [2.75, 3.05) is 0 Å². The third-order valence-electron chi connectivity index (χ3n) is 2.97. The highest BCUT2D eigenvalue weighted by atomic mass is 19.3. The molecule has 1 aliphatic rings. The second-order valence-electron chi connectivity index (χ2n) is 4.13. The smallest absolute Gasteiger partial charge is 0.352 e. The molecule has 5 nitrogen and oxygen atoms in total. The minimum Gasteiger partial charge on any atom is -0.383 e. The van der Waals surface area contributed by atoms with Gasteiger partial charge in [-0.1, -0.05) is 5.16 Å². The first-order chi connectivity index (χ1) is 7.96. The Bertz CT molecular complexity index is 402. The molecule has 0 radical (unpaired) electrons. The Balaban J connectivity index is 1.95. The number of hydrogen-bond donors (Lipinski definition) is 2. The van der Waals surface area contributed by atoms with Crippen LogP contribution in [0.2, 0.25) is 0 Å². The molecule has 7 heteroatoms. The molecule has 1 aromatic rings. The number of carbonyl (C=O) groups excluding carboxylic acids is 1. The van der Waals surface area contributed by atoms with Gasteiger partial charge in [-0.05, 0) is 19.3 Å². The molecular weight excluding hydrogens is 234 g/mol. The summed E-state index contributed by atoms with van der Waals surface area (Å²) < 4.78 is 31.6. The number of halogens is 2. The topological polar surface area (TPSA) is 75.4 Å². The van der Waals surface area contributed by atoms with E-state index in [2.05, 4.69) is 9.68 Å². The summed E-state index contributed by atoms with van der Waals surface area (Å²) in [5.41, 5.74) is -1.85. The van der Waals surface area contributed by atoms with Crippen LogP contribution < -0.4 is 5.32 Å². The Morgan fingerprint density at radius 1 is 1.65 bits per heavy atom. The SMILES string of the molecule is O=C(NCc1ccon1)C(F)(F)C1(O)CCC1. The summed E-state index contributed by atoms with van der Waals surface area (Å²) in [5, 5.41) is 15.0. The lowest BCUT2D eigenvalue weighted by molar-refractivity contribution is -0.216. The van der Waals surface area contributed by atoms with Crippen molar-refractivity contribution < 1.29 is 23.2 Å². The molecule has 1 amide bonds. The molecule has 1 saturated carbocycles. The fraction of sp³-hybridized carbons (Fsp3) is 0.600. The largest absolute Gasteiger partial charge is 0.383 e. The fourth-order valence-corrected chi connectivity index (χ4v) is 1.65. The molecule has 0 spiro atoms. The Morgan fingerprint density at radius 2 is 2.35 bits per heavy atom. The average Bonchev–Trinajstić information content (AvgIpc) is 2.74. The molecule has 1 heterocycles. The van der Waals surface area contributed by atoms with E-state index < -0.39 is 17.4 Å². The van der Waals surface area contributed by atoms with Crippen LogP contribution in [0.15, 0.2) is 16.9 Å². The van der Waals surface area contributed by atoms with Gasteiger partial charge < -0.3 is 14.9 Å². The van der Waals surface area contributed by atoms with E-state index in [1.54, 1.807) is 0 Å². The Kier molecular flexibility index (Phi) is 2.86. The van der Waals surface area contributed by atoms with Crippen molar-refractivity contribution in [2.24, 2.45) is 0 Å². The predicted molar refractivity (Wildman–Crippen MR) is 52.1 cm³/mol. The highest BCUT2D eigenvalue weighted by Crippen LogP contribution is 2.44. The van der Waals surface area contributed by atoms with Crippen LogP contribution >= 0.6 is 0 Å². The van der Waals surface area contributed by atoms with Crippen LogP contribution in [0.25, 0.3) is 0 Å². The Hall–Kier alpha value is -1.50. The summed E-state index contributed by atoms with van der Waals surface area (Å²) in [5.74, 6) is -5.25. The summed E-state index contributed by atoms with van der Waals surface area (Å²) in [6, 6.07) is 1.45. The van der Waals surface area contributed by atoms with E-state index in [4.69, 9.17) is 0 Å². The number of aromatic nitrogens is 1. The number of carbonyl (C=O) groups is 1. The molecule has 0 atom stereocenters. The van der Waals surface area contributed by atoms with Gasteiger partial charge in [0, 0.05) is 6.07 Å². The van der Waals surface area contributed by atoms with E-state index in [9.17, 15) is 18.7 Å². The maximum atomic E-state index is 13.6. The van der Waals surface area contributed by atoms with E-state index >= 15 is 0 Å². The molecule has 1 fully saturated rings. The van der Waals surface area contributed by atoms with Gasteiger partial charge in [-0.3, -0.25) is 4.79 Å². The monoisotopic (exact) mass is 246 g/mol. The maximum Gasteiger partial charge on any atom is 0.352 e. The van der Waals surface area contributed by atoms with E-state index in [0.717, 1.165) is 0 Å². The van der Waals surface area contributed by atoms with Gasteiger partial charge in [-0.2, -0.15) is 8.78 Å². The van der Waals surface area contributed by atoms with Crippen molar-refractivity contribution in [3.63, 3.8) is 0 Å². The van der Waals surface area contributed by atoms with Crippen LogP contribution in [0.5, 0.6) is 0 Å². The normalized spacial score (nSPS) is 18.5. The molecule has 0 bridgehead atoms. The van der Waals surface area contributed by atoms with Crippen LogP contribution in [0, 0.1) is 0 Å². The summed E-state index contributed by atoms with van der Waals surface area (Å²) >= 11 is 0. The number of nitrogens with zero attached hydrogens (tertiary/aromatic N) is 1. The zero-order valence-electron chi connectivity index (χ0n) is 8.95. The number of hydrogen-bond acceptors (Lipinski definition) is 4. The van der Waals surface area contributed by atoms with Crippen molar-refractivity contribution in [2.45, 2.75) is 37.3 Å². The van der Waals surface area contributed by atoms with Gasteiger partial charge in [0.15, 0.2) is 0 Å². The molecule has 2 rings (SSSR count). The number of aliphatic hydroxyl groups is 1. The lowest BCUT2D eigenvalue weighted by atomic mass is 9.75. The van der Waals surface area contributed by atoms with E-state index in [1.807, 2.05) is 5.32 Å². The molecule has 2 N–H and O–H groups in total. The number of rotatable bonds is 4. The predicted octanol–water partition coefficient (Wildman–Crippen LogP) is 0.841. The number of alkyl halides is 2. The van der Waals surface area contributed by atoms with Crippen LogP contribution in [0.3, 0.4) is 0 Å². The minimum atomic E-state index is -3.77. The summed E-state index contributed by atoms with van der Waals surface area (Å²) in [6.07, 6.45) is 1.66. The van der Waals surface area contributed by atoms with Gasteiger partial charge in [0.1, 0.15) is 17.6 Å². The number of nitrogens with one attached hydrogen (secondary N) is 1. The average molecular weight is 246 g/mol. The van der Waals surface area contributed by atoms with Gasteiger partial charge >= 0.3 is 5.92 Å². The first-order valence-corrected chi connectivity index (χ1v) is 5.23. The van der Waals surface area contributed by atoms with Crippen molar-refractivity contribution in [3.8, 4) is 0 Å². The minimum absolute atomic E-state index is 0.0582. The molecular formula is C10H12F2N2O3. The zero-order valence-corrected chi connectivity index (χ0v) is 8.95. The van der Waals surface area contributed by atoms with Gasteiger partial charge in [-0.15, -0.1) is 0 Å². The standard InChI is InChI=1S/C10H12F2N2O3/c11-10(12,9(16)3-1-4-9)8(15)13-6-7-2-5-17-14-7/h2,5,16H,1,3-4,6H2,(H,13,15). The van der Waals surface area contributed by atoms with E-state index in [-0.39, 0.29) is 19.4 Å². The number of amides is 1. The van der Waals surface area contributed by atoms with Crippen LogP contribution in [-0.2, 0) is 11.3 Å². The molecule has 0 unspecified atom stereocenters. The van der Waals surface area contributed by atoms with Crippen molar-refractivity contribution in [1.82, 2.24) is 10.5 Å². The summed E-state index contributed by atoms with van der Waals surface area (Å²) in [6.45, 7) is -0.152. The highest BCUT2D eigenvalue weighted by molar-refractivity contribution is 5.85. The molecule has 1 aliphatic carbocycles. The maximum absolute atomic E-state index is 13.6. The van der Waals surface area contributed by atoms with E-state index in [0.29, 0.717) is 12.1 Å². The molecule has 1 aromatic heterocycles. The Morgan fingerprint density at radius 3 is 2.82 bits per heavy atom. The third-order valence-corrected chi connectivity index (χ3v) is 2.97. The third kappa shape index (κ3) is 2.02. The quantitative estimate of drug-likeness (QED) is 0.825. The Labute approximate surface area is 95.8 Å². The zero-order chi connectivity index (χ0) is 12.5. The second kappa shape index (κ2) is 4.06. The van der Waals surface area contributed by atoms with E-state index in [1.165, 1.54) is 12.3 Å². The van der Waals surface area contributed by atoms with Gasteiger partial charge in [0.2, 0.25) is 0 Å². The molecule has 17 heavy (non-hydrogen) atoms. The van der Waals surface area contributed by atoms with Gasteiger partial charge in [0.05, 0.1) is 6.54 Å². The molecule has 0 aliphatic heterocycles. The van der Waals surface area contributed by atoms with Gasteiger partial charge in [0.25, 0.3) is 5.91 Å². The van der Waals surface area contributed by atoms with Crippen LogP contribution in [0.4, 0.5) is 8.78 Å². The second-order valence-corrected chi connectivity index (χ2v) is 4.13. The molecule has 94 valence electrons. The van der Waals surface area contributed by atoms with Crippen molar-refractivity contribution in [1.29, 1.82) is 0 Å². The molecule has 0 aromatic carbocycles. The lowest BCUT2D eigenvalue weighted by Crippen LogP contribution is -2.60. The summed E-state index contributed by atoms with van der Waals surface area (Å²) in [7, 11) is 0.